The molecule has 25 heavy (non-hydrogen) atoms. The number of nitrogens with one attached hydrogen (secondary N) is 2. The third-order valence-corrected chi connectivity index (χ3v) is 5.57. The van der Waals surface area contributed by atoms with E-state index in [0.29, 0.717) is 12.5 Å². The number of hydrogen-bond donors (Lipinski definition) is 2. The van der Waals surface area contributed by atoms with E-state index in [4.69, 9.17) is 0 Å². The van der Waals surface area contributed by atoms with Crippen molar-refractivity contribution >= 4 is 5.91 Å². The van der Waals surface area contributed by atoms with Crippen molar-refractivity contribution in [2.24, 2.45) is 0 Å². The van der Waals surface area contributed by atoms with Gasteiger partial charge in [0.25, 0.3) is 0 Å². The Balaban J connectivity index is 1.56. The van der Waals surface area contributed by atoms with E-state index in [9.17, 15) is 10.1 Å². The molecule has 1 aromatic heterocycles. The molecule has 6 nitrogen and oxygen atoms in total. The molecule has 1 amide bonds. The minimum atomic E-state index is -0.651. The van der Waals surface area contributed by atoms with Gasteiger partial charge in [-0.15, -0.1) is 0 Å². The van der Waals surface area contributed by atoms with E-state index in [1.165, 1.54) is 0 Å². The van der Waals surface area contributed by atoms with E-state index in [1.807, 2.05) is 6.92 Å². The highest BCUT2D eigenvalue weighted by Gasteiger charge is 2.33. The molecule has 1 saturated carbocycles. The van der Waals surface area contributed by atoms with Crippen LogP contribution in [0.5, 0.6) is 0 Å². The minimum absolute atomic E-state index is 0.0118. The van der Waals surface area contributed by atoms with Crippen molar-refractivity contribution in [2.75, 3.05) is 19.6 Å². The van der Waals surface area contributed by atoms with Crippen LogP contribution in [0.1, 0.15) is 68.7 Å². The van der Waals surface area contributed by atoms with Crippen molar-refractivity contribution in [3.63, 3.8) is 0 Å². The summed E-state index contributed by atoms with van der Waals surface area (Å²) in [6, 6.07) is 4.50. The summed E-state index contributed by atoms with van der Waals surface area (Å²) in [5, 5.41) is 20.1. The number of piperidine rings is 1. The zero-order valence-corrected chi connectivity index (χ0v) is 15.2. The molecule has 2 heterocycles. The van der Waals surface area contributed by atoms with E-state index in [-0.39, 0.29) is 5.91 Å². The molecule has 0 spiro atoms. The number of nitriles is 1. The summed E-state index contributed by atoms with van der Waals surface area (Å²) >= 11 is 0. The Morgan fingerprint density at radius 2 is 2.16 bits per heavy atom. The molecule has 1 aliphatic carbocycles. The van der Waals surface area contributed by atoms with Gasteiger partial charge in [-0.05, 0) is 45.2 Å². The first-order valence-electron chi connectivity index (χ1n) is 9.57. The van der Waals surface area contributed by atoms with E-state index in [2.05, 4.69) is 32.5 Å². The van der Waals surface area contributed by atoms with E-state index >= 15 is 0 Å². The van der Waals surface area contributed by atoms with Gasteiger partial charge in [0.05, 0.1) is 18.3 Å². The highest BCUT2D eigenvalue weighted by molar-refractivity contribution is 5.79. The summed E-state index contributed by atoms with van der Waals surface area (Å²) in [4.78, 5) is 14.8. The number of carbonyl (C=O) groups excluding carboxylic acids is 1. The molecule has 0 radical (unpaired) electrons. The highest BCUT2D eigenvalue weighted by atomic mass is 16.2. The third-order valence-electron chi connectivity index (χ3n) is 5.57. The lowest BCUT2D eigenvalue weighted by Crippen LogP contribution is -2.51. The minimum Gasteiger partial charge on any atom is -0.337 e. The monoisotopic (exact) mass is 343 g/mol. The summed E-state index contributed by atoms with van der Waals surface area (Å²) < 4.78 is 0. The predicted octanol–water partition coefficient (Wildman–Crippen LogP) is 2.63. The molecule has 2 N–H and O–H groups in total. The normalized spacial score (nSPS) is 24.2. The first kappa shape index (κ1) is 17.9. The quantitative estimate of drug-likeness (QED) is 0.823. The Bertz CT molecular complexity index is 624. The van der Waals surface area contributed by atoms with Crippen molar-refractivity contribution in [1.29, 1.82) is 5.26 Å². The summed E-state index contributed by atoms with van der Waals surface area (Å²) in [5.74, 6) is 0.372. The number of rotatable bonds is 4. The standard InChI is InChI=1S/C19H29N5O/c1-15-11-17(23-22-15)16-7-6-10-24(12-16)13-18(25)21-19(14-20)8-4-2-3-5-9-19/h11,16H,2-10,12-13H2,1H3,(H,21,25)(H,22,23)/t16-/m1/s1. The lowest BCUT2D eigenvalue weighted by molar-refractivity contribution is -0.124. The summed E-state index contributed by atoms with van der Waals surface area (Å²) in [7, 11) is 0. The fraction of sp³-hybridized carbons (Fsp3) is 0.737. The second-order valence-electron chi connectivity index (χ2n) is 7.71. The van der Waals surface area contributed by atoms with Gasteiger partial charge in [-0.3, -0.25) is 14.8 Å². The fourth-order valence-electron chi connectivity index (χ4n) is 4.20. The molecular formula is C19H29N5O. The molecule has 2 fully saturated rings. The second kappa shape index (κ2) is 8.01. The van der Waals surface area contributed by atoms with Crippen LogP contribution in [-0.2, 0) is 4.79 Å². The molecule has 0 bridgehead atoms. The van der Waals surface area contributed by atoms with Crippen molar-refractivity contribution in [3.8, 4) is 6.07 Å². The van der Waals surface area contributed by atoms with Crippen LogP contribution in [0.3, 0.4) is 0 Å². The van der Waals surface area contributed by atoms with Gasteiger partial charge in [0.1, 0.15) is 5.54 Å². The Hall–Kier alpha value is -1.87. The lowest BCUT2D eigenvalue weighted by Gasteiger charge is -2.33. The maximum Gasteiger partial charge on any atom is 0.235 e. The number of nitrogens with zero attached hydrogens (tertiary/aromatic N) is 3. The molecule has 1 saturated heterocycles. The molecular weight excluding hydrogens is 314 g/mol. The first-order valence-corrected chi connectivity index (χ1v) is 9.57. The van der Waals surface area contributed by atoms with E-state index < -0.39 is 5.54 Å². The smallest absolute Gasteiger partial charge is 0.235 e. The fourth-order valence-corrected chi connectivity index (χ4v) is 4.20. The van der Waals surface area contributed by atoms with Gasteiger partial charge in [0.2, 0.25) is 5.91 Å². The molecule has 6 heteroatoms. The van der Waals surface area contributed by atoms with Crippen molar-refractivity contribution < 1.29 is 4.79 Å². The van der Waals surface area contributed by atoms with Gasteiger partial charge in [0.15, 0.2) is 0 Å². The Morgan fingerprint density at radius 1 is 1.40 bits per heavy atom. The molecule has 0 unspecified atom stereocenters. The summed E-state index contributed by atoms with van der Waals surface area (Å²) in [6.07, 6.45) is 8.13. The van der Waals surface area contributed by atoms with Crippen LogP contribution in [0.4, 0.5) is 0 Å². The largest absolute Gasteiger partial charge is 0.337 e. The lowest BCUT2D eigenvalue weighted by atomic mass is 9.91. The van der Waals surface area contributed by atoms with Crippen LogP contribution in [0.2, 0.25) is 0 Å². The molecule has 2 aliphatic rings. The molecule has 3 rings (SSSR count). The van der Waals surface area contributed by atoms with Gasteiger partial charge in [-0.25, -0.2) is 0 Å². The van der Waals surface area contributed by atoms with Crippen LogP contribution in [-0.4, -0.2) is 46.2 Å². The first-order chi connectivity index (χ1) is 12.1. The Morgan fingerprint density at radius 3 is 2.80 bits per heavy atom. The van der Waals surface area contributed by atoms with Crippen LogP contribution in [0.25, 0.3) is 0 Å². The molecule has 1 aromatic rings. The van der Waals surface area contributed by atoms with Gasteiger partial charge < -0.3 is 5.32 Å². The molecule has 0 aromatic carbocycles. The topological polar surface area (TPSA) is 84.8 Å². The number of aryl methyl sites for hydroxylation is 1. The average molecular weight is 343 g/mol. The van der Waals surface area contributed by atoms with Crippen molar-refractivity contribution in [1.82, 2.24) is 20.4 Å². The zero-order chi connectivity index (χ0) is 17.7. The Kier molecular flexibility index (Phi) is 5.74. The third kappa shape index (κ3) is 4.60. The number of likely N-dealkylation sites (tertiary alicyclic amines) is 1. The predicted molar refractivity (Wildman–Crippen MR) is 95.9 cm³/mol. The highest BCUT2D eigenvalue weighted by Crippen LogP contribution is 2.28. The average Bonchev–Trinajstić information content (AvgIpc) is 2.90. The van der Waals surface area contributed by atoms with Gasteiger partial charge in [-0.1, -0.05) is 25.7 Å². The molecule has 136 valence electrons. The summed E-state index contributed by atoms with van der Waals surface area (Å²) in [5.41, 5.74) is 1.52. The maximum atomic E-state index is 12.6. The van der Waals surface area contributed by atoms with Gasteiger partial charge >= 0.3 is 0 Å². The number of aromatic amines is 1. The van der Waals surface area contributed by atoms with E-state index in [1.54, 1.807) is 0 Å². The van der Waals surface area contributed by atoms with Crippen LogP contribution < -0.4 is 5.32 Å². The Labute approximate surface area is 150 Å². The molecule has 1 aliphatic heterocycles. The van der Waals surface area contributed by atoms with Crippen LogP contribution in [0.15, 0.2) is 6.07 Å². The second-order valence-corrected chi connectivity index (χ2v) is 7.71. The zero-order valence-electron chi connectivity index (χ0n) is 15.2. The van der Waals surface area contributed by atoms with Crippen molar-refractivity contribution in [3.05, 3.63) is 17.5 Å². The number of carbonyl (C=O) groups is 1. The number of hydrogen-bond acceptors (Lipinski definition) is 4. The number of aromatic nitrogens is 2. The maximum absolute atomic E-state index is 12.6. The molecule has 1 atom stereocenters. The SMILES string of the molecule is Cc1cc([C@@H]2CCCN(CC(=O)NC3(C#N)CCCCCC3)C2)n[nH]1. The number of H-pyrrole nitrogens is 1. The number of amides is 1. The van der Waals surface area contributed by atoms with Crippen LogP contribution in [0, 0.1) is 18.3 Å². The van der Waals surface area contributed by atoms with Gasteiger partial charge in [0, 0.05) is 18.2 Å². The van der Waals surface area contributed by atoms with E-state index in [0.717, 1.165) is 75.8 Å². The summed E-state index contributed by atoms with van der Waals surface area (Å²) in [6.45, 7) is 4.19. The van der Waals surface area contributed by atoms with Crippen molar-refractivity contribution in [2.45, 2.75) is 69.7 Å². The van der Waals surface area contributed by atoms with Gasteiger partial charge in [-0.2, -0.15) is 10.4 Å². The van der Waals surface area contributed by atoms with Crippen LogP contribution >= 0.6 is 0 Å².